The van der Waals surface area contributed by atoms with Crippen LogP contribution in [-0.2, 0) is 0 Å². The minimum Gasteiger partial charge on any atom is -0.313 e. The lowest BCUT2D eigenvalue weighted by atomic mass is 9.76. The third-order valence-electron chi connectivity index (χ3n) is 4.89. The van der Waals surface area contributed by atoms with Gasteiger partial charge in [-0.3, -0.25) is 0 Å². The fraction of sp³-hybridized carbons (Fsp3) is 0.667. The van der Waals surface area contributed by atoms with E-state index in [4.69, 9.17) is 0 Å². The molecule has 1 atom stereocenters. The third kappa shape index (κ3) is 3.60. The lowest BCUT2D eigenvalue weighted by Gasteiger charge is -2.31. The second-order valence-electron chi connectivity index (χ2n) is 6.60. The number of benzene rings is 1. The Balaban J connectivity index is 1.73. The Morgan fingerprint density at radius 1 is 1.11 bits per heavy atom. The first kappa shape index (κ1) is 13.2. The van der Waals surface area contributed by atoms with Crippen molar-refractivity contribution < 1.29 is 0 Å². The number of hydrogen-bond acceptors (Lipinski definition) is 1. The van der Waals surface area contributed by atoms with Gasteiger partial charge in [0.1, 0.15) is 0 Å². The first-order valence-electron chi connectivity index (χ1n) is 8.13. The van der Waals surface area contributed by atoms with E-state index in [1.807, 2.05) is 0 Å². The molecule has 0 aliphatic heterocycles. The molecule has 0 aromatic heterocycles. The maximum absolute atomic E-state index is 3.77. The van der Waals surface area contributed by atoms with Crippen LogP contribution in [0.2, 0.25) is 0 Å². The van der Waals surface area contributed by atoms with Gasteiger partial charge in [0.05, 0.1) is 0 Å². The van der Waals surface area contributed by atoms with Gasteiger partial charge in [0.2, 0.25) is 0 Å². The molecule has 0 saturated heterocycles. The Kier molecular flexibility index (Phi) is 4.22. The molecule has 1 heteroatoms. The van der Waals surface area contributed by atoms with Crippen LogP contribution in [0.25, 0.3) is 0 Å². The minimum absolute atomic E-state index is 0.737. The van der Waals surface area contributed by atoms with Crippen LogP contribution >= 0.6 is 0 Å². The highest BCUT2D eigenvalue weighted by atomic mass is 14.9. The van der Waals surface area contributed by atoms with E-state index < -0.39 is 0 Å². The Hall–Kier alpha value is -0.820. The summed E-state index contributed by atoms with van der Waals surface area (Å²) in [6.07, 6.45) is 9.99. The van der Waals surface area contributed by atoms with Crippen LogP contribution in [0.1, 0.15) is 62.0 Å². The van der Waals surface area contributed by atoms with Crippen molar-refractivity contribution in [3.63, 3.8) is 0 Å². The molecule has 0 bridgehead atoms. The van der Waals surface area contributed by atoms with Crippen molar-refractivity contribution in [2.45, 2.75) is 63.8 Å². The molecular weight excluding hydrogens is 230 g/mol. The van der Waals surface area contributed by atoms with Gasteiger partial charge >= 0.3 is 0 Å². The summed E-state index contributed by atoms with van der Waals surface area (Å²) in [7, 11) is 0. The Morgan fingerprint density at radius 3 is 2.58 bits per heavy atom. The van der Waals surface area contributed by atoms with Gasteiger partial charge in [-0.2, -0.15) is 0 Å². The summed E-state index contributed by atoms with van der Waals surface area (Å²) in [5.74, 6) is 1.64. The van der Waals surface area contributed by atoms with Crippen LogP contribution in [0.15, 0.2) is 24.3 Å². The average Bonchev–Trinajstić information content (AvgIpc) is 3.25. The Labute approximate surface area is 117 Å². The summed E-state index contributed by atoms with van der Waals surface area (Å²) in [6, 6.07) is 10.0. The van der Waals surface area contributed by atoms with Gasteiger partial charge in [-0.15, -0.1) is 0 Å². The second kappa shape index (κ2) is 6.09. The lowest BCUT2D eigenvalue weighted by molar-refractivity contribution is 0.296. The van der Waals surface area contributed by atoms with Crippen LogP contribution in [0.5, 0.6) is 0 Å². The smallest absolute Gasteiger partial charge is 0.00684 e. The van der Waals surface area contributed by atoms with Crippen LogP contribution in [0.4, 0.5) is 0 Å². The van der Waals surface area contributed by atoms with Gasteiger partial charge in [-0.05, 0) is 50.0 Å². The van der Waals surface area contributed by atoms with Crippen molar-refractivity contribution in [1.82, 2.24) is 5.32 Å². The van der Waals surface area contributed by atoms with Crippen LogP contribution < -0.4 is 5.32 Å². The molecule has 104 valence electrons. The summed E-state index contributed by atoms with van der Waals surface area (Å²) in [4.78, 5) is 0. The standard InChI is InChI=1S/C18H27N/c1-14-6-5-9-16(12-14)18(13-19-17-10-11-17)15-7-3-2-4-8-15/h5-6,9,12,15,17-19H,2-4,7-8,10-11,13H2,1H3. The van der Waals surface area contributed by atoms with E-state index >= 15 is 0 Å². The first-order chi connectivity index (χ1) is 9.33. The van der Waals surface area contributed by atoms with Crippen molar-refractivity contribution in [1.29, 1.82) is 0 Å². The highest BCUT2D eigenvalue weighted by Crippen LogP contribution is 2.36. The topological polar surface area (TPSA) is 12.0 Å². The molecule has 3 rings (SSSR count). The predicted molar refractivity (Wildman–Crippen MR) is 81.5 cm³/mol. The quantitative estimate of drug-likeness (QED) is 0.824. The number of nitrogens with one attached hydrogen (secondary N) is 1. The van der Waals surface area contributed by atoms with E-state index in [2.05, 4.69) is 36.5 Å². The largest absolute Gasteiger partial charge is 0.313 e. The molecule has 1 N–H and O–H groups in total. The molecular formula is C18H27N. The molecule has 0 spiro atoms. The van der Waals surface area contributed by atoms with E-state index in [0.717, 1.165) is 17.9 Å². The highest BCUT2D eigenvalue weighted by Gasteiger charge is 2.28. The normalized spacial score (nSPS) is 22.4. The summed E-state index contributed by atoms with van der Waals surface area (Å²) < 4.78 is 0. The summed E-state index contributed by atoms with van der Waals surface area (Å²) >= 11 is 0. The maximum Gasteiger partial charge on any atom is 0.00684 e. The van der Waals surface area contributed by atoms with E-state index in [-0.39, 0.29) is 0 Å². The Morgan fingerprint density at radius 2 is 1.89 bits per heavy atom. The lowest BCUT2D eigenvalue weighted by Crippen LogP contribution is -2.29. The molecule has 19 heavy (non-hydrogen) atoms. The zero-order chi connectivity index (χ0) is 13.1. The molecule has 2 fully saturated rings. The first-order valence-corrected chi connectivity index (χ1v) is 8.13. The van der Waals surface area contributed by atoms with Gasteiger partial charge in [0, 0.05) is 12.6 Å². The summed E-state index contributed by atoms with van der Waals surface area (Å²) in [5, 5.41) is 3.77. The van der Waals surface area contributed by atoms with Crippen molar-refractivity contribution in [2.75, 3.05) is 6.54 Å². The fourth-order valence-electron chi connectivity index (χ4n) is 3.58. The summed E-state index contributed by atoms with van der Waals surface area (Å²) in [6.45, 7) is 3.41. The fourth-order valence-corrected chi connectivity index (χ4v) is 3.58. The molecule has 2 saturated carbocycles. The van der Waals surface area contributed by atoms with Crippen molar-refractivity contribution in [3.8, 4) is 0 Å². The minimum atomic E-state index is 0.737. The monoisotopic (exact) mass is 257 g/mol. The van der Waals surface area contributed by atoms with E-state index in [0.29, 0.717) is 0 Å². The molecule has 0 amide bonds. The molecule has 1 aromatic carbocycles. The maximum atomic E-state index is 3.77. The van der Waals surface area contributed by atoms with Crippen molar-refractivity contribution in [3.05, 3.63) is 35.4 Å². The second-order valence-corrected chi connectivity index (χ2v) is 6.60. The molecule has 0 radical (unpaired) electrons. The van der Waals surface area contributed by atoms with Gasteiger partial charge in [0.15, 0.2) is 0 Å². The Bertz CT molecular complexity index is 402. The molecule has 1 unspecified atom stereocenters. The molecule has 1 nitrogen and oxygen atoms in total. The third-order valence-corrected chi connectivity index (χ3v) is 4.89. The van der Waals surface area contributed by atoms with Crippen molar-refractivity contribution in [2.24, 2.45) is 5.92 Å². The molecule has 2 aliphatic carbocycles. The van der Waals surface area contributed by atoms with E-state index in [9.17, 15) is 0 Å². The highest BCUT2D eigenvalue weighted by molar-refractivity contribution is 5.26. The predicted octanol–water partition coefficient (Wildman–Crippen LogP) is 4.41. The number of aryl methyl sites for hydroxylation is 1. The van der Waals surface area contributed by atoms with Gasteiger partial charge < -0.3 is 5.32 Å². The van der Waals surface area contributed by atoms with Crippen molar-refractivity contribution >= 4 is 0 Å². The van der Waals surface area contributed by atoms with Gasteiger partial charge in [-0.1, -0.05) is 49.1 Å². The van der Waals surface area contributed by atoms with Crippen LogP contribution in [0, 0.1) is 12.8 Å². The van der Waals surface area contributed by atoms with E-state index in [1.54, 1.807) is 5.56 Å². The SMILES string of the molecule is Cc1cccc(C(CNC2CC2)C2CCCCC2)c1. The summed E-state index contributed by atoms with van der Waals surface area (Å²) in [5.41, 5.74) is 2.98. The van der Waals surface area contributed by atoms with Gasteiger partial charge in [0.25, 0.3) is 0 Å². The molecule has 1 aromatic rings. The number of rotatable bonds is 5. The number of hydrogen-bond donors (Lipinski definition) is 1. The van der Waals surface area contributed by atoms with Crippen LogP contribution in [0.3, 0.4) is 0 Å². The zero-order valence-corrected chi connectivity index (χ0v) is 12.2. The molecule has 0 heterocycles. The van der Waals surface area contributed by atoms with Crippen LogP contribution in [-0.4, -0.2) is 12.6 Å². The average molecular weight is 257 g/mol. The van der Waals surface area contributed by atoms with Gasteiger partial charge in [-0.25, -0.2) is 0 Å². The van der Waals surface area contributed by atoms with E-state index in [1.165, 1.54) is 57.1 Å². The molecule has 2 aliphatic rings. The zero-order valence-electron chi connectivity index (χ0n) is 12.2.